The van der Waals surface area contributed by atoms with Crippen LogP contribution in [0.3, 0.4) is 0 Å². The SMILES string of the molecule is O=C(C1CC1)N1CCc2nc(C3CCN(Cc4cc(F)ccc4F)CC3)[nH]c(=O)c2C1. The Labute approximate surface area is 179 Å². The summed E-state index contributed by atoms with van der Waals surface area (Å²) in [6, 6.07) is 3.55. The summed E-state index contributed by atoms with van der Waals surface area (Å²) in [5.74, 6) is 0.341. The van der Waals surface area contributed by atoms with Crippen molar-refractivity contribution in [3.8, 4) is 0 Å². The Morgan fingerprint density at radius 1 is 1.13 bits per heavy atom. The quantitative estimate of drug-likeness (QED) is 0.813. The minimum atomic E-state index is -0.431. The number of carbonyl (C=O) groups is 1. The van der Waals surface area contributed by atoms with E-state index < -0.39 is 11.6 Å². The van der Waals surface area contributed by atoms with Crippen LogP contribution in [0.5, 0.6) is 0 Å². The van der Waals surface area contributed by atoms with E-state index in [2.05, 4.69) is 9.88 Å². The maximum Gasteiger partial charge on any atom is 0.256 e. The van der Waals surface area contributed by atoms with Gasteiger partial charge in [0.1, 0.15) is 17.5 Å². The molecule has 6 nitrogen and oxygen atoms in total. The van der Waals surface area contributed by atoms with Crippen molar-refractivity contribution in [2.45, 2.75) is 51.1 Å². The number of aromatic nitrogens is 2. The highest BCUT2D eigenvalue weighted by Gasteiger charge is 2.35. The van der Waals surface area contributed by atoms with Gasteiger partial charge in [-0.1, -0.05) is 0 Å². The van der Waals surface area contributed by atoms with Gasteiger partial charge in [-0.05, 0) is 57.0 Å². The van der Waals surface area contributed by atoms with E-state index in [-0.39, 0.29) is 23.3 Å². The van der Waals surface area contributed by atoms with Crippen LogP contribution in [0.2, 0.25) is 0 Å². The molecule has 3 heterocycles. The number of fused-ring (bicyclic) bond motifs is 1. The molecule has 1 saturated heterocycles. The lowest BCUT2D eigenvalue weighted by Crippen LogP contribution is -2.41. The van der Waals surface area contributed by atoms with Gasteiger partial charge in [0.15, 0.2) is 0 Å². The second kappa shape index (κ2) is 8.15. The Balaban J connectivity index is 1.24. The van der Waals surface area contributed by atoms with Gasteiger partial charge in [0.05, 0.1) is 17.8 Å². The molecule has 31 heavy (non-hydrogen) atoms. The lowest BCUT2D eigenvalue weighted by Gasteiger charge is -2.32. The van der Waals surface area contributed by atoms with Crippen molar-refractivity contribution >= 4 is 5.91 Å². The predicted molar refractivity (Wildman–Crippen MR) is 110 cm³/mol. The predicted octanol–water partition coefficient (Wildman–Crippen LogP) is 2.72. The van der Waals surface area contributed by atoms with Crippen molar-refractivity contribution < 1.29 is 13.6 Å². The fourth-order valence-electron chi connectivity index (χ4n) is 4.68. The van der Waals surface area contributed by atoms with Gasteiger partial charge < -0.3 is 9.88 Å². The second-order valence-corrected chi connectivity index (χ2v) is 8.95. The molecule has 164 valence electrons. The number of H-pyrrole nitrogens is 1. The third kappa shape index (κ3) is 4.26. The van der Waals surface area contributed by atoms with E-state index in [1.165, 1.54) is 12.1 Å². The van der Waals surface area contributed by atoms with E-state index in [4.69, 9.17) is 4.98 Å². The molecular formula is C23H26F2N4O2. The number of benzene rings is 1. The van der Waals surface area contributed by atoms with Crippen LogP contribution in [-0.4, -0.2) is 45.3 Å². The fraction of sp³-hybridized carbons (Fsp3) is 0.522. The highest BCUT2D eigenvalue weighted by Crippen LogP contribution is 2.33. The van der Waals surface area contributed by atoms with Crippen molar-refractivity contribution in [3.63, 3.8) is 0 Å². The first-order chi connectivity index (χ1) is 15.0. The highest BCUT2D eigenvalue weighted by molar-refractivity contribution is 5.81. The van der Waals surface area contributed by atoms with Crippen LogP contribution in [0.4, 0.5) is 8.78 Å². The van der Waals surface area contributed by atoms with E-state index in [0.29, 0.717) is 43.0 Å². The summed E-state index contributed by atoms with van der Waals surface area (Å²) >= 11 is 0. The molecule has 0 bridgehead atoms. The minimum absolute atomic E-state index is 0.137. The fourth-order valence-corrected chi connectivity index (χ4v) is 4.68. The van der Waals surface area contributed by atoms with E-state index in [1.807, 2.05) is 0 Å². The second-order valence-electron chi connectivity index (χ2n) is 8.95. The van der Waals surface area contributed by atoms with Gasteiger partial charge in [-0.25, -0.2) is 13.8 Å². The molecule has 1 N–H and O–H groups in total. The first-order valence-corrected chi connectivity index (χ1v) is 11.0. The number of hydrogen-bond donors (Lipinski definition) is 1. The molecule has 1 amide bonds. The van der Waals surface area contributed by atoms with Crippen LogP contribution in [-0.2, 0) is 24.3 Å². The molecule has 5 rings (SSSR count). The molecule has 2 aliphatic heterocycles. The van der Waals surface area contributed by atoms with Crippen molar-refractivity contribution in [1.82, 2.24) is 19.8 Å². The number of amides is 1. The molecule has 1 aromatic heterocycles. The van der Waals surface area contributed by atoms with Crippen LogP contribution in [0, 0.1) is 17.6 Å². The largest absolute Gasteiger partial charge is 0.337 e. The average molecular weight is 428 g/mol. The summed E-state index contributed by atoms with van der Waals surface area (Å²) in [4.78, 5) is 36.7. The standard InChI is InChI=1S/C23H26F2N4O2/c24-17-3-4-19(25)16(11-17)12-28-8-5-14(6-9-28)21-26-20-7-10-29(23(31)15-1-2-15)13-18(20)22(30)27-21/h3-4,11,14-15H,1-2,5-10,12-13H2,(H,26,27,30). The number of nitrogens with one attached hydrogen (secondary N) is 1. The van der Waals surface area contributed by atoms with E-state index in [9.17, 15) is 18.4 Å². The van der Waals surface area contributed by atoms with Crippen LogP contribution in [0.15, 0.2) is 23.0 Å². The highest BCUT2D eigenvalue weighted by atomic mass is 19.1. The Bertz CT molecular complexity index is 1060. The number of rotatable bonds is 4. The zero-order valence-electron chi connectivity index (χ0n) is 17.4. The molecule has 1 aliphatic carbocycles. The van der Waals surface area contributed by atoms with Gasteiger partial charge in [0.2, 0.25) is 5.91 Å². The number of carbonyl (C=O) groups excluding carboxylic acids is 1. The molecule has 2 aromatic rings. The first kappa shape index (κ1) is 20.3. The summed E-state index contributed by atoms with van der Waals surface area (Å²) in [5, 5.41) is 0. The number of nitrogens with zero attached hydrogens (tertiary/aromatic N) is 3. The number of halogens is 2. The summed E-state index contributed by atoms with van der Waals surface area (Å²) in [7, 11) is 0. The van der Waals surface area contributed by atoms with Crippen LogP contribution in [0.1, 0.15) is 54.2 Å². The lowest BCUT2D eigenvalue weighted by molar-refractivity contribution is -0.133. The van der Waals surface area contributed by atoms with Gasteiger partial charge >= 0.3 is 0 Å². The molecule has 0 unspecified atom stereocenters. The number of likely N-dealkylation sites (tertiary alicyclic amines) is 1. The zero-order chi connectivity index (χ0) is 21.5. The van der Waals surface area contributed by atoms with Crippen LogP contribution >= 0.6 is 0 Å². The normalized spacial score (nSPS) is 20.0. The van der Waals surface area contributed by atoms with E-state index >= 15 is 0 Å². The zero-order valence-corrected chi connectivity index (χ0v) is 17.4. The average Bonchev–Trinajstić information content (AvgIpc) is 3.61. The summed E-state index contributed by atoms with van der Waals surface area (Å²) in [6.45, 7) is 2.80. The smallest absolute Gasteiger partial charge is 0.256 e. The van der Waals surface area contributed by atoms with Crippen LogP contribution in [0.25, 0.3) is 0 Å². The third-order valence-corrected chi connectivity index (χ3v) is 6.70. The third-order valence-electron chi connectivity index (χ3n) is 6.70. The molecule has 0 atom stereocenters. The van der Waals surface area contributed by atoms with Gasteiger partial charge in [-0.3, -0.25) is 14.5 Å². The summed E-state index contributed by atoms with van der Waals surface area (Å²) in [5.41, 5.74) is 1.65. The number of piperidine rings is 1. The molecule has 8 heteroatoms. The lowest BCUT2D eigenvalue weighted by atomic mass is 9.95. The summed E-state index contributed by atoms with van der Waals surface area (Å²) < 4.78 is 27.4. The van der Waals surface area contributed by atoms with Gasteiger partial charge in [0, 0.05) is 36.9 Å². The Kier molecular flexibility index (Phi) is 5.33. The maximum absolute atomic E-state index is 13.9. The summed E-state index contributed by atoms with van der Waals surface area (Å²) in [6.07, 6.45) is 4.12. The van der Waals surface area contributed by atoms with E-state index in [1.54, 1.807) is 4.90 Å². The van der Waals surface area contributed by atoms with Gasteiger partial charge in [0.25, 0.3) is 5.56 Å². The molecule has 0 spiro atoms. The molecular weight excluding hydrogens is 402 g/mol. The van der Waals surface area contributed by atoms with E-state index in [0.717, 1.165) is 50.5 Å². The first-order valence-electron chi connectivity index (χ1n) is 11.0. The molecule has 1 saturated carbocycles. The van der Waals surface area contributed by atoms with Crippen LogP contribution < -0.4 is 5.56 Å². The van der Waals surface area contributed by atoms with Crippen molar-refractivity contribution in [2.75, 3.05) is 19.6 Å². The Morgan fingerprint density at radius 2 is 1.90 bits per heavy atom. The molecule has 2 fully saturated rings. The Hall–Kier alpha value is -2.61. The maximum atomic E-state index is 13.9. The topological polar surface area (TPSA) is 69.3 Å². The van der Waals surface area contributed by atoms with Gasteiger partial charge in [-0.15, -0.1) is 0 Å². The number of aromatic amines is 1. The van der Waals surface area contributed by atoms with Crippen molar-refractivity contribution in [3.05, 3.63) is 62.8 Å². The number of hydrogen-bond acceptors (Lipinski definition) is 4. The minimum Gasteiger partial charge on any atom is -0.337 e. The molecule has 3 aliphatic rings. The Morgan fingerprint density at radius 3 is 2.65 bits per heavy atom. The van der Waals surface area contributed by atoms with Crippen molar-refractivity contribution in [2.24, 2.45) is 5.92 Å². The van der Waals surface area contributed by atoms with Crippen molar-refractivity contribution in [1.29, 1.82) is 0 Å². The monoisotopic (exact) mass is 428 g/mol. The van der Waals surface area contributed by atoms with Gasteiger partial charge in [-0.2, -0.15) is 0 Å². The molecule has 0 radical (unpaired) electrons. The molecule has 1 aromatic carbocycles.